The van der Waals surface area contributed by atoms with Crippen LogP contribution in [0, 0.1) is 28.6 Å². The van der Waals surface area contributed by atoms with Crippen molar-refractivity contribution in [3.05, 3.63) is 47.0 Å². The third-order valence-electron chi connectivity index (χ3n) is 10.6. The lowest BCUT2D eigenvalue weighted by atomic mass is 9.47. The Bertz CT molecular complexity index is 1250. The highest BCUT2D eigenvalue weighted by molar-refractivity contribution is 5.94. The minimum atomic E-state index is -1.75. The summed E-state index contributed by atoms with van der Waals surface area (Å²) in [5.74, 6) is -2.60. The van der Waals surface area contributed by atoms with Crippen molar-refractivity contribution < 1.29 is 38.8 Å². The Labute approximate surface area is 222 Å². The van der Waals surface area contributed by atoms with Crippen LogP contribution in [0.3, 0.4) is 0 Å². The van der Waals surface area contributed by atoms with E-state index in [1.54, 1.807) is 30.3 Å². The fourth-order valence-electron chi connectivity index (χ4n) is 8.74. The molecule has 0 unspecified atom stereocenters. The van der Waals surface area contributed by atoms with E-state index in [4.69, 9.17) is 14.2 Å². The topological polar surface area (TPSA) is 119 Å². The molecule has 1 saturated heterocycles. The van der Waals surface area contributed by atoms with Crippen molar-refractivity contribution in [1.82, 2.24) is 0 Å². The molecule has 1 aliphatic heterocycles. The summed E-state index contributed by atoms with van der Waals surface area (Å²) in [6.45, 7) is 8.74. The maximum Gasteiger partial charge on any atom is 0.338 e. The molecule has 0 amide bonds. The van der Waals surface area contributed by atoms with E-state index in [0.717, 1.165) is 0 Å². The first-order chi connectivity index (χ1) is 17.8. The van der Waals surface area contributed by atoms with E-state index in [9.17, 15) is 24.6 Å². The summed E-state index contributed by atoms with van der Waals surface area (Å²) in [7, 11) is 0. The number of carbonyl (C=O) groups excluding carboxylic acids is 3. The van der Waals surface area contributed by atoms with E-state index in [0.29, 0.717) is 29.6 Å². The fourth-order valence-corrected chi connectivity index (χ4v) is 8.74. The summed E-state index contributed by atoms with van der Waals surface area (Å²) >= 11 is 0. The van der Waals surface area contributed by atoms with Crippen LogP contribution >= 0.6 is 0 Å². The van der Waals surface area contributed by atoms with Crippen molar-refractivity contribution in [2.45, 2.75) is 83.4 Å². The van der Waals surface area contributed by atoms with Gasteiger partial charge in [-0.3, -0.25) is 9.59 Å². The zero-order chi connectivity index (χ0) is 27.4. The highest BCUT2D eigenvalue weighted by Crippen LogP contribution is 2.75. The molecule has 1 spiro atoms. The van der Waals surface area contributed by atoms with E-state index < -0.39 is 64.1 Å². The number of Topliss-reactive ketones (excluding diaryl/α,β-unsaturated/α-hetero) is 1. The van der Waals surface area contributed by atoms with Gasteiger partial charge in [0.2, 0.25) is 0 Å². The molecule has 9 atom stereocenters. The summed E-state index contributed by atoms with van der Waals surface area (Å²) in [4.78, 5) is 40.6. The van der Waals surface area contributed by atoms with Gasteiger partial charge in [0, 0.05) is 30.1 Å². The first-order valence-corrected chi connectivity index (χ1v) is 13.5. The molecule has 2 bridgehead atoms. The zero-order valence-corrected chi connectivity index (χ0v) is 22.5. The highest BCUT2D eigenvalue weighted by atomic mass is 16.6. The van der Waals surface area contributed by atoms with Gasteiger partial charge in [-0.15, -0.1) is 0 Å². The van der Waals surface area contributed by atoms with Crippen LogP contribution in [0.2, 0.25) is 0 Å². The number of esters is 2. The van der Waals surface area contributed by atoms with Gasteiger partial charge in [-0.25, -0.2) is 4.79 Å². The van der Waals surface area contributed by atoms with Crippen LogP contribution in [0.4, 0.5) is 0 Å². The Morgan fingerprint density at radius 1 is 1.13 bits per heavy atom. The molecule has 4 fully saturated rings. The molecule has 1 heterocycles. The lowest BCUT2D eigenvalue weighted by Gasteiger charge is -2.64. The number of ether oxygens (including phenoxy) is 3. The van der Waals surface area contributed by atoms with Gasteiger partial charge in [-0.05, 0) is 49.0 Å². The molecule has 4 aliphatic carbocycles. The Morgan fingerprint density at radius 2 is 1.82 bits per heavy atom. The number of hydrogen-bond acceptors (Lipinski definition) is 8. The van der Waals surface area contributed by atoms with Gasteiger partial charge in [0.1, 0.15) is 23.6 Å². The Hall–Kier alpha value is -2.55. The summed E-state index contributed by atoms with van der Waals surface area (Å²) < 4.78 is 18.3. The van der Waals surface area contributed by atoms with Gasteiger partial charge in [-0.1, -0.05) is 39.0 Å². The van der Waals surface area contributed by atoms with E-state index in [-0.39, 0.29) is 24.7 Å². The quantitative estimate of drug-likeness (QED) is 0.458. The molecule has 204 valence electrons. The van der Waals surface area contributed by atoms with Gasteiger partial charge in [0.05, 0.1) is 24.2 Å². The van der Waals surface area contributed by atoms with Crippen molar-refractivity contribution in [3.63, 3.8) is 0 Å². The lowest BCUT2D eigenvalue weighted by Crippen LogP contribution is -2.77. The molecule has 1 aromatic rings. The van der Waals surface area contributed by atoms with Gasteiger partial charge in [0.15, 0.2) is 5.60 Å². The molecule has 8 heteroatoms. The zero-order valence-electron chi connectivity index (χ0n) is 22.5. The van der Waals surface area contributed by atoms with E-state index in [2.05, 4.69) is 0 Å². The Balaban J connectivity index is 1.60. The van der Waals surface area contributed by atoms with Crippen LogP contribution < -0.4 is 0 Å². The fraction of sp³-hybridized carbons (Fsp3) is 0.633. The highest BCUT2D eigenvalue weighted by Gasteiger charge is 2.83. The number of benzene rings is 1. The van der Waals surface area contributed by atoms with Crippen molar-refractivity contribution in [1.29, 1.82) is 0 Å². The first kappa shape index (κ1) is 25.7. The van der Waals surface area contributed by atoms with Crippen LogP contribution in [-0.4, -0.2) is 64.1 Å². The summed E-state index contributed by atoms with van der Waals surface area (Å²) in [6, 6.07) is 8.50. The monoisotopic (exact) mass is 524 g/mol. The molecule has 38 heavy (non-hydrogen) atoms. The SMILES string of the molecule is CC(=O)O[C@@]12CO[C@@H]1C[C@@H]1C[C@@]13C(=O)[C@H](C)C1=C(C)[C@@H](O)C[C@@](O)([C@@H](OC(=O)c4ccccc4)[C@H]23)C1(C)C. The molecular formula is C30H36O8. The summed E-state index contributed by atoms with van der Waals surface area (Å²) in [5.41, 5.74) is -3.27. The molecule has 3 saturated carbocycles. The van der Waals surface area contributed by atoms with Crippen molar-refractivity contribution in [2.24, 2.45) is 28.6 Å². The number of rotatable bonds is 3. The van der Waals surface area contributed by atoms with E-state index >= 15 is 0 Å². The maximum atomic E-state index is 14.5. The number of ketones is 1. The Kier molecular flexibility index (Phi) is 5.41. The molecule has 0 radical (unpaired) electrons. The molecule has 2 N–H and O–H groups in total. The van der Waals surface area contributed by atoms with Crippen LogP contribution in [-0.2, 0) is 23.8 Å². The smallest absolute Gasteiger partial charge is 0.338 e. The lowest BCUT2D eigenvalue weighted by molar-refractivity contribution is -0.322. The second-order valence-electron chi connectivity index (χ2n) is 12.6. The average molecular weight is 525 g/mol. The molecular weight excluding hydrogens is 488 g/mol. The number of fused-ring (bicyclic) bond motifs is 4. The van der Waals surface area contributed by atoms with Gasteiger partial charge in [-0.2, -0.15) is 0 Å². The van der Waals surface area contributed by atoms with Crippen LogP contribution in [0.1, 0.15) is 64.2 Å². The van der Waals surface area contributed by atoms with Crippen LogP contribution in [0.25, 0.3) is 0 Å². The second-order valence-corrected chi connectivity index (χ2v) is 12.6. The van der Waals surface area contributed by atoms with Gasteiger partial charge in [0.25, 0.3) is 0 Å². The molecule has 1 aromatic carbocycles. The predicted molar refractivity (Wildman–Crippen MR) is 135 cm³/mol. The van der Waals surface area contributed by atoms with Crippen LogP contribution in [0.15, 0.2) is 41.5 Å². The number of carbonyl (C=O) groups is 3. The molecule has 5 aliphatic rings. The summed E-state index contributed by atoms with van der Waals surface area (Å²) in [5, 5.41) is 24.0. The van der Waals surface area contributed by atoms with Crippen LogP contribution in [0.5, 0.6) is 0 Å². The number of aliphatic hydroxyl groups excluding tert-OH is 1. The minimum absolute atomic E-state index is 0.0105. The van der Waals surface area contributed by atoms with Crippen molar-refractivity contribution in [3.8, 4) is 0 Å². The number of hydrogen-bond donors (Lipinski definition) is 2. The maximum absolute atomic E-state index is 14.5. The van der Waals surface area contributed by atoms with E-state index in [1.165, 1.54) is 6.92 Å². The normalized spacial score (nSPS) is 44.3. The first-order valence-electron chi connectivity index (χ1n) is 13.5. The molecule has 8 nitrogen and oxygen atoms in total. The average Bonchev–Trinajstić information content (AvgIpc) is 3.58. The third kappa shape index (κ3) is 3.05. The van der Waals surface area contributed by atoms with Gasteiger partial charge < -0.3 is 24.4 Å². The van der Waals surface area contributed by atoms with E-state index in [1.807, 2.05) is 27.7 Å². The predicted octanol–water partition coefficient (Wildman–Crippen LogP) is 3.00. The Morgan fingerprint density at radius 3 is 2.42 bits per heavy atom. The number of aliphatic hydroxyl groups is 2. The standard InChI is InChI=1S/C30H36O8/c1-15-20(32)13-30(35)25(37-26(34)18-9-7-6-8-10-18)23-28(24(33)16(2)22(15)27(30,4)5)12-19(28)11-21-29(23,14-36-21)38-17(3)31/h6-10,16,19-21,23,25,32,35H,11-14H2,1-5H3/t16-,19-,20+,21-,23+,25+,28-,29+,30-/m1/s1. The third-order valence-corrected chi connectivity index (χ3v) is 10.6. The molecule has 0 aromatic heterocycles. The van der Waals surface area contributed by atoms with Gasteiger partial charge >= 0.3 is 11.9 Å². The van der Waals surface area contributed by atoms with Crippen molar-refractivity contribution in [2.75, 3.05) is 6.61 Å². The second kappa shape index (κ2) is 7.99. The largest absolute Gasteiger partial charge is 0.455 e. The minimum Gasteiger partial charge on any atom is -0.455 e. The van der Waals surface area contributed by atoms with Crippen molar-refractivity contribution >= 4 is 17.7 Å². The molecule has 6 rings (SSSR count). The summed E-state index contributed by atoms with van der Waals surface area (Å²) in [6.07, 6.45) is -1.70.